The minimum atomic E-state index is -0.368. The second kappa shape index (κ2) is 6.25. The molecule has 0 aliphatic carbocycles. The maximum atomic E-state index is 10.9. The molecule has 0 amide bonds. The van der Waals surface area contributed by atoms with Crippen molar-refractivity contribution in [3.63, 3.8) is 0 Å². The van der Waals surface area contributed by atoms with Gasteiger partial charge in [-0.25, -0.2) is 4.68 Å². The molecule has 0 atom stereocenters. The van der Waals surface area contributed by atoms with Crippen molar-refractivity contribution in [3.05, 3.63) is 51.3 Å². The molecule has 0 aliphatic rings. The Morgan fingerprint density at radius 3 is 2.95 bits per heavy atom. The Bertz CT molecular complexity index is 609. The highest BCUT2D eigenvalue weighted by atomic mass is 16.6. The molecule has 1 heterocycles. The third-order valence-corrected chi connectivity index (χ3v) is 3.17. The lowest BCUT2D eigenvalue weighted by atomic mass is 10.1. The Morgan fingerprint density at radius 1 is 1.45 bits per heavy atom. The first-order valence-corrected chi connectivity index (χ1v) is 6.43. The van der Waals surface area contributed by atoms with E-state index in [1.165, 1.54) is 6.07 Å². The first-order valence-electron chi connectivity index (χ1n) is 6.43. The van der Waals surface area contributed by atoms with E-state index in [0.29, 0.717) is 18.7 Å². The molecule has 0 saturated heterocycles. The number of benzene rings is 1. The Kier molecular flexibility index (Phi) is 4.41. The van der Waals surface area contributed by atoms with Gasteiger partial charge in [0.15, 0.2) is 0 Å². The zero-order chi connectivity index (χ0) is 14.5. The van der Waals surface area contributed by atoms with Crippen LogP contribution in [0.3, 0.4) is 0 Å². The van der Waals surface area contributed by atoms with Gasteiger partial charge in [0, 0.05) is 17.8 Å². The molecule has 0 bridgehead atoms. The molecule has 106 valence electrons. The Balaban J connectivity index is 2.16. The van der Waals surface area contributed by atoms with Gasteiger partial charge < -0.3 is 5.73 Å². The van der Waals surface area contributed by atoms with E-state index in [1.807, 2.05) is 12.3 Å². The largest absolute Gasteiger partial charge is 0.330 e. The summed E-state index contributed by atoms with van der Waals surface area (Å²) in [6.07, 6.45) is 3.52. The third kappa shape index (κ3) is 3.18. The van der Waals surface area contributed by atoms with Crippen molar-refractivity contribution in [1.29, 1.82) is 0 Å². The molecule has 2 N–H and O–H groups in total. The molecule has 2 aromatic rings. The van der Waals surface area contributed by atoms with Gasteiger partial charge >= 0.3 is 0 Å². The molecule has 7 heteroatoms. The predicted molar refractivity (Wildman–Crippen MR) is 74.3 cm³/mol. The fourth-order valence-electron chi connectivity index (χ4n) is 2.03. The van der Waals surface area contributed by atoms with E-state index in [4.69, 9.17) is 5.73 Å². The summed E-state index contributed by atoms with van der Waals surface area (Å²) in [4.78, 5) is 10.5. The molecule has 1 aromatic carbocycles. The summed E-state index contributed by atoms with van der Waals surface area (Å²) < 4.78 is 1.69. The highest BCUT2D eigenvalue weighted by Gasteiger charge is 2.13. The van der Waals surface area contributed by atoms with Gasteiger partial charge in [-0.3, -0.25) is 10.1 Å². The number of hydrogen-bond donors (Lipinski definition) is 1. The number of aromatic nitrogens is 3. The highest BCUT2D eigenvalue weighted by molar-refractivity contribution is 5.44. The van der Waals surface area contributed by atoms with Gasteiger partial charge in [-0.15, -0.1) is 5.10 Å². The molecule has 0 radical (unpaired) electrons. The Labute approximate surface area is 116 Å². The third-order valence-electron chi connectivity index (χ3n) is 3.17. The van der Waals surface area contributed by atoms with E-state index in [0.717, 1.165) is 24.1 Å². The van der Waals surface area contributed by atoms with E-state index in [1.54, 1.807) is 17.7 Å². The van der Waals surface area contributed by atoms with Crippen LogP contribution in [0.4, 0.5) is 5.69 Å². The predicted octanol–water partition coefficient (Wildman–Crippen LogP) is 1.43. The number of nitro benzene ring substituents is 1. The molecule has 0 spiro atoms. The van der Waals surface area contributed by atoms with Crippen LogP contribution in [0.15, 0.2) is 24.4 Å². The van der Waals surface area contributed by atoms with E-state index < -0.39 is 0 Å². The monoisotopic (exact) mass is 275 g/mol. The van der Waals surface area contributed by atoms with Crippen LogP contribution in [0.5, 0.6) is 0 Å². The number of nitrogens with two attached hydrogens (primary N) is 1. The molecule has 2 rings (SSSR count). The minimum absolute atomic E-state index is 0.131. The van der Waals surface area contributed by atoms with Gasteiger partial charge in [0.25, 0.3) is 5.69 Å². The molecule has 7 nitrogen and oxygen atoms in total. The van der Waals surface area contributed by atoms with Crippen molar-refractivity contribution in [2.45, 2.75) is 26.3 Å². The molecule has 20 heavy (non-hydrogen) atoms. The van der Waals surface area contributed by atoms with Gasteiger partial charge in [0.1, 0.15) is 0 Å². The molecular formula is C13H17N5O2. The van der Waals surface area contributed by atoms with Crippen LogP contribution in [0, 0.1) is 17.0 Å². The highest BCUT2D eigenvalue weighted by Crippen LogP contribution is 2.21. The average Bonchev–Trinajstić information content (AvgIpc) is 2.86. The van der Waals surface area contributed by atoms with E-state index in [-0.39, 0.29) is 10.6 Å². The lowest BCUT2D eigenvalue weighted by molar-refractivity contribution is -0.385. The maximum Gasteiger partial charge on any atom is 0.272 e. The number of rotatable bonds is 6. The Morgan fingerprint density at radius 2 is 2.25 bits per heavy atom. The maximum absolute atomic E-state index is 10.9. The molecule has 0 unspecified atom stereocenters. The van der Waals surface area contributed by atoms with Crippen LogP contribution in [-0.4, -0.2) is 26.5 Å². The van der Waals surface area contributed by atoms with Crippen LogP contribution in [0.1, 0.15) is 23.2 Å². The minimum Gasteiger partial charge on any atom is -0.330 e. The summed E-state index contributed by atoms with van der Waals surface area (Å²) in [6.45, 7) is 2.85. The van der Waals surface area contributed by atoms with Gasteiger partial charge in [-0.1, -0.05) is 17.3 Å². The summed E-state index contributed by atoms with van der Waals surface area (Å²) in [6, 6.07) is 5.06. The van der Waals surface area contributed by atoms with Crippen molar-refractivity contribution in [2.75, 3.05) is 6.54 Å². The van der Waals surface area contributed by atoms with E-state index >= 15 is 0 Å². The van der Waals surface area contributed by atoms with Crippen LogP contribution >= 0.6 is 0 Å². The number of nitrogens with zero attached hydrogens (tertiary/aromatic N) is 4. The summed E-state index contributed by atoms with van der Waals surface area (Å²) in [5.74, 6) is 0. The van der Waals surface area contributed by atoms with Gasteiger partial charge in [-0.05, 0) is 31.9 Å². The molecule has 0 saturated carbocycles. The fraction of sp³-hybridized carbons (Fsp3) is 0.385. The average molecular weight is 275 g/mol. The second-order valence-corrected chi connectivity index (χ2v) is 4.62. The summed E-state index contributed by atoms with van der Waals surface area (Å²) in [7, 11) is 0. The van der Waals surface area contributed by atoms with Crippen LogP contribution < -0.4 is 5.73 Å². The summed E-state index contributed by atoms with van der Waals surface area (Å²) >= 11 is 0. The van der Waals surface area contributed by atoms with E-state index in [2.05, 4.69) is 10.3 Å². The SMILES string of the molecule is Cc1c(Cn2cc(CCCN)nn2)cccc1[N+](=O)[O-]. The van der Waals surface area contributed by atoms with Crippen molar-refractivity contribution in [2.24, 2.45) is 5.73 Å². The first-order chi connectivity index (χ1) is 9.61. The van der Waals surface area contributed by atoms with Gasteiger partial charge in [0.05, 0.1) is 17.2 Å². The fourth-order valence-corrected chi connectivity index (χ4v) is 2.03. The van der Waals surface area contributed by atoms with Crippen molar-refractivity contribution >= 4 is 5.69 Å². The zero-order valence-electron chi connectivity index (χ0n) is 11.3. The summed E-state index contributed by atoms with van der Waals surface area (Å²) in [5, 5.41) is 19.0. The molecule has 1 aromatic heterocycles. The molecule has 0 fully saturated rings. The van der Waals surface area contributed by atoms with Crippen molar-refractivity contribution in [3.8, 4) is 0 Å². The van der Waals surface area contributed by atoms with Crippen LogP contribution in [0.2, 0.25) is 0 Å². The summed E-state index contributed by atoms with van der Waals surface area (Å²) in [5.41, 5.74) is 8.00. The second-order valence-electron chi connectivity index (χ2n) is 4.62. The van der Waals surface area contributed by atoms with Crippen molar-refractivity contribution in [1.82, 2.24) is 15.0 Å². The lowest BCUT2D eigenvalue weighted by Gasteiger charge is -2.05. The molecular weight excluding hydrogens is 258 g/mol. The number of aryl methyl sites for hydroxylation is 1. The van der Waals surface area contributed by atoms with Gasteiger partial charge in [-0.2, -0.15) is 0 Å². The smallest absolute Gasteiger partial charge is 0.272 e. The first kappa shape index (κ1) is 14.1. The van der Waals surface area contributed by atoms with Crippen LogP contribution in [-0.2, 0) is 13.0 Å². The Hall–Kier alpha value is -2.28. The topological polar surface area (TPSA) is 99.9 Å². The number of nitro groups is 1. The quantitative estimate of drug-likeness (QED) is 0.635. The normalized spacial score (nSPS) is 10.7. The zero-order valence-corrected chi connectivity index (χ0v) is 11.3. The van der Waals surface area contributed by atoms with Gasteiger partial charge in [0.2, 0.25) is 0 Å². The number of hydrogen-bond acceptors (Lipinski definition) is 5. The van der Waals surface area contributed by atoms with E-state index in [9.17, 15) is 10.1 Å². The lowest BCUT2D eigenvalue weighted by Crippen LogP contribution is -2.04. The van der Waals surface area contributed by atoms with Crippen molar-refractivity contribution < 1.29 is 4.92 Å². The van der Waals surface area contributed by atoms with Crippen LogP contribution in [0.25, 0.3) is 0 Å². The molecule has 0 aliphatic heterocycles. The standard InChI is InChI=1S/C13H17N5O2/c1-10-11(4-2-6-13(10)18(19)20)8-17-9-12(15-16-17)5-3-7-14/h2,4,6,9H,3,5,7-8,14H2,1H3.